The largest absolute Gasteiger partial charge is 0.368 e. The molecule has 3 aromatic rings. The molecule has 2 N–H and O–H groups in total. The first kappa shape index (κ1) is 17.9. The number of carbonyl (C=O) groups is 1. The number of thiophene rings is 1. The van der Waals surface area contributed by atoms with Gasteiger partial charge < -0.3 is 10.6 Å². The van der Waals surface area contributed by atoms with Gasteiger partial charge >= 0.3 is 0 Å². The van der Waals surface area contributed by atoms with Crippen LogP contribution >= 0.6 is 11.3 Å². The molecular weight excluding hydrogens is 363 g/mol. The average Bonchev–Trinajstić information content (AvgIpc) is 3.03. The molecule has 5 nitrogen and oxygen atoms in total. The van der Waals surface area contributed by atoms with Crippen molar-refractivity contribution in [1.29, 1.82) is 0 Å². The lowest BCUT2D eigenvalue weighted by Gasteiger charge is -2.13. The van der Waals surface area contributed by atoms with Crippen LogP contribution in [0.1, 0.15) is 39.5 Å². The molecule has 1 amide bonds. The van der Waals surface area contributed by atoms with E-state index < -0.39 is 0 Å². The van der Waals surface area contributed by atoms with Gasteiger partial charge in [-0.25, -0.2) is 14.4 Å². The minimum atomic E-state index is -0.351. The van der Waals surface area contributed by atoms with Gasteiger partial charge in [-0.05, 0) is 62.4 Å². The van der Waals surface area contributed by atoms with E-state index in [4.69, 9.17) is 0 Å². The van der Waals surface area contributed by atoms with Crippen LogP contribution in [-0.2, 0) is 12.8 Å². The normalized spacial score (nSPS) is 13.4. The Kier molecular flexibility index (Phi) is 5.03. The number of benzene rings is 1. The van der Waals surface area contributed by atoms with Gasteiger partial charge in [0.05, 0.1) is 5.39 Å². The number of anilines is 1. The van der Waals surface area contributed by atoms with Crippen LogP contribution in [0.3, 0.4) is 0 Å². The fourth-order valence-electron chi connectivity index (χ4n) is 3.45. The summed E-state index contributed by atoms with van der Waals surface area (Å²) < 4.78 is 12.9. The van der Waals surface area contributed by atoms with Crippen molar-refractivity contribution in [3.8, 4) is 0 Å². The van der Waals surface area contributed by atoms with E-state index in [-0.39, 0.29) is 11.7 Å². The minimum Gasteiger partial charge on any atom is -0.368 e. The zero-order valence-electron chi connectivity index (χ0n) is 15.1. The first-order valence-electron chi connectivity index (χ1n) is 9.18. The van der Waals surface area contributed by atoms with Crippen LogP contribution in [0.5, 0.6) is 0 Å². The lowest BCUT2D eigenvalue weighted by atomic mass is 9.97. The van der Waals surface area contributed by atoms with Crippen molar-refractivity contribution in [2.75, 3.05) is 18.4 Å². The van der Waals surface area contributed by atoms with Crippen molar-refractivity contribution in [1.82, 2.24) is 15.3 Å². The molecule has 0 saturated heterocycles. The quantitative estimate of drug-likeness (QED) is 0.656. The molecule has 0 unspecified atom stereocenters. The molecule has 2 heterocycles. The topological polar surface area (TPSA) is 66.9 Å². The van der Waals surface area contributed by atoms with Gasteiger partial charge in [0, 0.05) is 23.5 Å². The van der Waals surface area contributed by atoms with E-state index in [2.05, 4.69) is 20.6 Å². The number of aryl methyl sites for hydroxylation is 3. The zero-order chi connectivity index (χ0) is 18.8. The fourth-order valence-corrected chi connectivity index (χ4v) is 4.76. The van der Waals surface area contributed by atoms with E-state index in [0.717, 1.165) is 34.7 Å². The summed E-state index contributed by atoms with van der Waals surface area (Å²) >= 11 is 1.78. The third-order valence-electron chi connectivity index (χ3n) is 4.74. The first-order valence-corrected chi connectivity index (χ1v) is 10.00. The Balaban J connectivity index is 1.43. The number of nitrogens with one attached hydrogen (secondary N) is 2. The van der Waals surface area contributed by atoms with Crippen LogP contribution in [0, 0.1) is 12.7 Å². The van der Waals surface area contributed by atoms with Gasteiger partial charge in [-0.1, -0.05) is 0 Å². The number of carbonyl (C=O) groups excluding carboxylic acids is 1. The summed E-state index contributed by atoms with van der Waals surface area (Å²) in [5, 5.41) is 7.35. The molecule has 0 aliphatic heterocycles. The van der Waals surface area contributed by atoms with Gasteiger partial charge in [0.25, 0.3) is 5.91 Å². The van der Waals surface area contributed by atoms with E-state index in [0.29, 0.717) is 18.7 Å². The van der Waals surface area contributed by atoms with Gasteiger partial charge in [0.1, 0.15) is 22.3 Å². The second kappa shape index (κ2) is 7.60. The van der Waals surface area contributed by atoms with Crippen LogP contribution in [-0.4, -0.2) is 29.0 Å². The number of amides is 1. The predicted octanol–water partition coefficient (Wildman–Crippen LogP) is 3.86. The summed E-state index contributed by atoms with van der Waals surface area (Å²) in [6.07, 6.45) is 4.66. The molecule has 140 valence electrons. The Bertz CT molecular complexity index is 984. The highest BCUT2D eigenvalue weighted by Crippen LogP contribution is 2.38. The summed E-state index contributed by atoms with van der Waals surface area (Å²) in [7, 11) is 0. The predicted molar refractivity (Wildman–Crippen MR) is 106 cm³/mol. The molecule has 0 bridgehead atoms. The third-order valence-corrected chi connectivity index (χ3v) is 5.92. The number of hydrogen-bond acceptors (Lipinski definition) is 5. The molecule has 0 fully saturated rings. The molecule has 0 atom stereocenters. The number of hydrogen-bond donors (Lipinski definition) is 2. The van der Waals surface area contributed by atoms with Gasteiger partial charge in [0.15, 0.2) is 0 Å². The molecule has 0 radical (unpaired) electrons. The van der Waals surface area contributed by atoms with Crippen molar-refractivity contribution < 1.29 is 9.18 Å². The van der Waals surface area contributed by atoms with Crippen LogP contribution in [0.25, 0.3) is 10.2 Å². The van der Waals surface area contributed by atoms with Crippen LogP contribution < -0.4 is 10.6 Å². The third kappa shape index (κ3) is 3.78. The molecular formula is C20H21FN4OS. The Morgan fingerprint density at radius 2 is 1.93 bits per heavy atom. The second-order valence-corrected chi connectivity index (χ2v) is 7.78. The maximum Gasteiger partial charge on any atom is 0.251 e. The standard InChI is InChI=1S/C20H21FN4OS/c1-12-24-18(17-15-4-2-3-5-16(15)27-20(17)25-12)22-10-11-23-19(26)13-6-8-14(21)9-7-13/h6-9H,2-5,10-11H2,1H3,(H,23,26)(H,22,24,25). The number of fused-ring (bicyclic) bond motifs is 3. The van der Waals surface area contributed by atoms with Gasteiger partial charge in [-0.2, -0.15) is 0 Å². The number of aromatic nitrogens is 2. The maximum absolute atomic E-state index is 12.9. The Labute approximate surface area is 161 Å². The molecule has 27 heavy (non-hydrogen) atoms. The monoisotopic (exact) mass is 384 g/mol. The van der Waals surface area contributed by atoms with E-state index in [1.807, 2.05) is 6.92 Å². The van der Waals surface area contributed by atoms with E-state index in [9.17, 15) is 9.18 Å². The van der Waals surface area contributed by atoms with Gasteiger partial charge in [-0.15, -0.1) is 11.3 Å². The summed E-state index contributed by atoms with van der Waals surface area (Å²) in [4.78, 5) is 23.8. The average molecular weight is 384 g/mol. The van der Waals surface area contributed by atoms with Gasteiger partial charge in [0.2, 0.25) is 0 Å². The van der Waals surface area contributed by atoms with Crippen molar-refractivity contribution in [3.05, 3.63) is 51.9 Å². The van der Waals surface area contributed by atoms with Crippen molar-refractivity contribution in [2.24, 2.45) is 0 Å². The van der Waals surface area contributed by atoms with Crippen LogP contribution in [0.4, 0.5) is 10.2 Å². The van der Waals surface area contributed by atoms with E-state index in [1.165, 1.54) is 47.5 Å². The molecule has 7 heteroatoms. The van der Waals surface area contributed by atoms with E-state index in [1.54, 1.807) is 11.3 Å². The highest BCUT2D eigenvalue weighted by atomic mass is 32.1. The summed E-state index contributed by atoms with van der Waals surface area (Å²) in [5.41, 5.74) is 1.84. The van der Waals surface area contributed by atoms with E-state index >= 15 is 0 Å². The number of halogens is 1. The second-order valence-electron chi connectivity index (χ2n) is 6.70. The summed E-state index contributed by atoms with van der Waals surface area (Å²) in [5.74, 6) is 1.04. The van der Waals surface area contributed by atoms with Crippen molar-refractivity contribution >= 4 is 33.3 Å². The molecule has 0 saturated carbocycles. The highest BCUT2D eigenvalue weighted by molar-refractivity contribution is 7.19. The Morgan fingerprint density at radius 3 is 2.74 bits per heavy atom. The maximum atomic E-state index is 12.9. The lowest BCUT2D eigenvalue weighted by molar-refractivity contribution is 0.0955. The zero-order valence-corrected chi connectivity index (χ0v) is 16.0. The molecule has 0 spiro atoms. The molecule has 2 aromatic heterocycles. The first-order chi connectivity index (χ1) is 13.1. The van der Waals surface area contributed by atoms with Crippen LogP contribution in [0.15, 0.2) is 24.3 Å². The highest BCUT2D eigenvalue weighted by Gasteiger charge is 2.20. The van der Waals surface area contributed by atoms with Gasteiger partial charge in [-0.3, -0.25) is 4.79 Å². The fraction of sp³-hybridized carbons (Fsp3) is 0.350. The smallest absolute Gasteiger partial charge is 0.251 e. The lowest BCUT2D eigenvalue weighted by Crippen LogP contribution is -2.29. The Morgan fingerprint density at radius 1 is 1.15 bits per heavy atom. The van der Waals surface area contributed by atoms with Crippen molar-refractivity contribution in [3.63, 3.8) is 0 Å². The van der Waals surface area contributed by atoms with Crippen LogP contribution in [0.2, 0.25) is 0 Å². The Hall–Kier alpha value is -2.54. The molecule has 1 aromatic carbocycles. The molecule has 1 aliphatic rings. The SMILES string of the molecule is Cc1nc(NCCNC(=O)c2ccc(F)cc2)c2c3c(sc2n1)CCCC3. The summed E-state index contributed by atoms with van der Waals surface area (Å²) in [6, 6.07) is 5.53. The number of rotatable bonds is 5. The molecule has 1 aliphatic carbocycles. The molecule has 4 rings (SSSR count). The number of nitrogens with zero attached hydrogens (tertiary/aromatic N) is 2. The summed E-state index contributed by atoms with van der Waals surface area (Å²) in [6.45, 7) is 2.91. The minimum absolute atomic E-state index is 0.214. The van der Waals surface area contributed by atoms with Crippen molar-refractivity contribution in [2.45, 2.75) is 32.6 Å².